The molecule has 1 aliphatic rings. The summed E-state index contributed by atoms with van der Waals surface area (Å²) in [5.74, 6) is 0.717. The summed E-state index contributed by atoms with van der Waals surface area (Å²) in [6, 6.07) is 10.6. The Labute approximate surface area is 205 Å². The molecule has 4 heteroatoms. The second-order valence-electron chi connectivity index (χ2n) is 9.25. The van der Waals surface area contributed by atoms with Crippen molar-refractivity contribution in [2.24, 2.45) is 0 Å². The molecule has 0 unspecified atom stereocenters. The number of rotatable bonds is 16. The Bertz CT molecular complexity index is 947. The van der Waals surface area contributed by atoms with Crippen molar-refractivity contribution in [3.05, 3.63) is 58.7 Å². The minimum Gasteiger partial charge on any atom is -0.490 e. The summed E-state index contributed by atoms with van der Waals surface area (Å²) >= 11 is 0. The molecule has 1 aliphatic carbocycles. The summed E-state index contributed by atoms with van der Waals surface area (Å²) in [5, 5.41) is 0. The molecule has 0 radical (unpaired) electrons. The van der Waals surface area contributed by atoms with E-state index in [1.807, 2.05) is 0 Å². The predicted molar refractivity (Wildman–Crippen MR) is 137 cm³/mol. The Hall–Kier alpha value is -2.62. The molecule has 0 aliphatic heterocycles. The molecule has 0 aromatic heterocycles. The number of ketones is 2. The highest BCUT2D eigenvalue weighted by atomic mass is 16.5. The highest BCUT2D eigenvalue weighted by Crippen LogP contribution is 2.40. The van der Waals surface area contributed by atoms with Crippen LogP contribution in [0.15, 0.2) is 36.4 Å². The summed E-state index contributed by atoms with van der Waals surface area (Å²) < 4.78 is 12.3. The molecule has 3 rings (SSSR count). The van der Waals surface area contributed by atoms with Gasteiger partial charge in [-0.25, -0.2) is 0 Å². The fraction of sp³-hybridized carbons (Fsp3) is 0.533. The Morgan fingerprint density at radius 2 is 1.09 bits per heavy atom. The van der Waals surface area contributed by atoms with Gasteiger partial charge in [0.2, 0.25) is 0 Å². The zero-order valence-corrected chi connectivity index (χ0v) is 21.0. The van der Waals surface area contributed by atoms with E-state index >= 15 is 0 Å². The average Bonchev–Trinajstić information content (AvgIpc) is 2.86. The van der Waals surface area contributed by atoms with Gasteiger partial charge < -0.3 is 9.47 Å². The number of benzene rings is 2. The van der Waals surface area contributed by atoms with Crippen molar-refractivity contribution < 1.29 is 19.1 Å². The Kier molecular flexibility index (Phi) is 10.7. The lowest BCUT2D eigenvalue weighted by Crippen LogP contribution is -2.22. The topological polar surface area (TPSA) is 52.6 Å². The van der Waals surface area contributed by atoms with Crippen LogP contribution >= 0.6 is 0 Å². The first-order valence-electron chi connectivity index (χ1n) is 13.3. The average molecular weight is 465 g/mol. The van der Waals surface area contributed by atoms with E-state index in [1.165, 1.54) is 51.4 Å². The van der Waals surface area contributed by atoms with Gasteiger partial charge in [0.15, 0.2) is 23.1 Å². The third kappa shape index (κ3) is 6.71. The lowest BCUT2D eigenvalue weighted by atomic mass is 9.83. The predicted octanol–water partition coefficient (Wildman–Crippen LogP) is 7.94. The number of hydrogen-bond acceptors (Lipinski definition) is 4. The number of hydrogen-bond donors (Lipinski definition) is 0. The summed E-state index contributed by atoms with van der Waals surface area (Å²) in [7, 11) is 0. The molecule has 0 heterocycles. The highest BCUT2D eigenvalue weighted by molar-refractivity contribution is 6.29. The zero-order valence-electron chi connectivity index (χ0n) is 21.0. The number of carbonyl (C=O) groups is 2. The normalized spacial score (nSPS) is 12.4. The van der Waals surface area contributed by atoms with Crippen LogP contribution in [0.4, 0.5) is 0 Å². The summed E-state index contributed by atoms with van der Waals surface area (Å²) in [4.78, 5) is 26.6. The van der Waals surface area contributed by atoms with Crippen molar-refractivity contribution in [1.29, 1.82) is 0 Å². The van der Waals surface area contributed by atoms with E-state index in [2.05, 4.69) is 13.8 Å². The van der Waals surface area contributed by atoms with E-state index in [9.17, 15) is 9.59 Å². The minimum atomic E-state index is -0.159. The van der Waals surface area contributed by atoms with E-state index in [4.69, 9.17) is 9.47 Å². The van der Waals surface area contributed by atoms with Gasteiger partial charge in [-0.05, 0) is 25.0 Å². The highest BCUT2D eigenvalue weighted by Gasteiger charge is 2.33. The second kappa shape index (κ2) is 13.9. The Morgan fingerprint density at radius 1 is 0.559 bits per heavy atom. The largest absolute Gasteiger partial charge is 0.490 e. The maximum Gasteiger partial charge on any atom is 0.198 e. The van der Waals surface area contributed by atoms with Gasteiger partial charge in [-0.1, -0.05) is 102 Å². The standard InChI is InChI=1S/C30H40O4/c1-3-5-7-9-11-15-21-33-26-20-19-25-27(30(26)34-22-16-12-10-8-6-4-2)29(32)24-18-14-13-17-23(24)28(25)31/h13-14,17-20H,3-12,15-16,21-22H2,1-2H3. The quantitative estimate of drug-likeness (QED) is 0.202. The lowest BCUT2D eigenvalue weighted by Gasteiger charge is -2.22. The molecule has 0 saturated heterocycles. The van der Waals surface area contributed by atoms with Gasteiger partial charge in [0, 0.05) is 16.7 Å². The van der Waals surface area contributed by atoms with E-state index in [1.54, 1.807) is 36.4 Å². The second-order valence-corrected chi connectivity index (χ2v) is 9.25. The van der Waals surface area contributed by atoms with Crippen LogP contribution in [0, 0.1) is 0 Å². The molecular formula is C30H40O4. The van der Waals surface area contributed by atoms with Crippen LogP contribution in [0.5, 0.6) is 11.5 Å². The van der Waals surface area contributed by atoms with Crippen LogP contribution in [0.25, 0.3) is 0 Å². The zero-order chi connectivity index (χ0) is 24.2. The fourth-order valence-corrected chi connectivity index (χ4v) is 4.52. The van der Waals surface area contributed by atoms with Crippen molar-refractivity contribution in [2.75, 3.05) is 13.2 Å². The third-order valence-corrected chi connectivity index (χ3v) is 6.51. The maximum absolute atomic E-state index is 13.4. The molecule has 0 atom stereocenters. The maximum atomic E-state index is 13.4. The molecule has 2 aromatic rings. The van der Waals surface area contributed by atoms with Gasteiger partial charge in [0.25, 0.3) is 0 Å². The smallest absolute Gasteiger partial charge is 0.198 e. The first-order chi connectivity index (χ1) is 16.7. The molecule has 0 bridgehead atoms. The van der Waals surface area contributed by atoms with Crippen LogP contribution in [-0.2, 0) is 0 Å². The molecule has 4 nitrogen and oxygen atoms in total. The molecule has 0 amide bonds. The molecule has 34 heavy (non-hydrogen) atoms. The van der Waals surface area contributed by atoms with Crippen molar-refractivity contribution >= 4 is 11.6 Å². The molecular weight excluding hydrogens is 424 g/mol. The van der Waals surface area contributed by atoms with Gasteiger partial charge in [0.05, 0.1) is 18.8 Å². The number of fused-ring (bicyclic) bond motifs is 2. The van der Waals surface area contributed by atoms with Gasteiger partial charge >= 0.3 is 0 Å². The molecule has 0 fully saturated rings. The van der Waals surface area contributed by atoms with Crippen LogP contribution in [0.1, 0.15) is 123 Å². The number of ether oxygens (including phenoxy) is 2. The van der Waals surface area contributed by atoms with Crippen molar-refractivity contribution in [3.8, 4) is 11.5 Å². The Morgan fingerprint density at radius 3 is 1.71 bits per heavy atom. The van der Waals surface area contributed by atoms with Crippen LogP contribution in [0.3, 0.4) is 0 Å². The van der Waals surface area contributed by atoms with Gasteiger partial charge in [0.1, 0.15) is 0 Å². The monoisotopic (exact) mass is 464 g/mol. The van der Waals surface area contributed by atoms with Crippen LogP contribution < -0.4 is 9.47 Å². The van der Waals surface area contributed by atoms with Crippen molar-refractivity contribution in [2.45, 2.75) is 90.9 Å². The van der Waals surface area contributed by atoms with Gasteiger partial charge in [-0.3, -0.25) is 9.59 Å². The van der Waals surface area contributed by atoms with E-state index in [0.717, 1.165) is 25.7 Å². The van der Waals surface area contributed by atoms with E-state index in [0.29, 0.717) is 47.0 Å². The molecule has 0 spiro atoms. The first-order valence-corrected chi connectivity index (χ1v) is 13.3. The molecule has 0 N–H and O–H groups in total. The summed E-state index contributed by atoms with van der Waals surface area (Å²) in [6.45, 7) is 5.53. The van der Waals surface area contributed by atoms with Crippen LogP contribution in [-0.4, -0.2) is 24.8 Å². The minimum absolute atomic E-state index is 0.128. The summed E-state index contributed by atoms with van der Waals surface area (Å²) in [5.41, 5.74) is 1.67. The van der Waals surface area contributed by atoms with Gasteiger partial charge in [-0.15, -0.1) is 0 Å². The Balaban J connectivity index is 1.73. The molecule has 184 valence electrons. The van der Waals surface area contributed by atoms with Crippen molar-refractivity contribution in [1.82, 2.24) is 0 Å². The van der Waals surface area contributed by atoms with E-state index < -0.39 is 0 Å². The SMILES string of the molecule is CCCCCCCCOc1ccc2c(c1OCCCCCCCC)C(=O)c1ccccc1C2=O. The lowest BCUT2D eigenvalue weighted by molar-refractivity contribution is 0.0974. The number of carbonyl (C=O) groups excluding carboxylic acids is 2. The third-order valence-electron chi connectivity index (χ3n) is 6.51. The van der Waals surface area contributed by atoms with Crippen molar-refractivity contribution in [3.63, 3.8) is 0 Å². The molecule has 2 aromatic carbocycles. The summed E-state index contributed by atoms with van der Waals surface area (Å²) in [6.07, 6.45) is 14.0. The van der Waals surface area contributed by atoms with Crippen LogP contribution in [0.2, 0.25) is 0 Å². The molecule has 0 saturated carbocycles. The van der Waals surface area contributed by atoms with Gasteiger partial charge in [-0.2, -0.15) is 0 Å². The number of unbranched alkanes of at least 4 members (excludes halogenated alkanes) is 10. The van der Waals surface area contributed by atoms with E-state index in [-0.39, 0.29) is 11.6 Å². The fourth-order valence-electron chi connectivity index (χ4n) is 4.52. The first kappa shape index (κ1) is 26.0.